The zero-order valence-electron chi connectivity index (χ0n) is 13.1. The first kappa shape index (κ1) is 17.7. The van der Waals surface area contributed by atoms with E-state index in [9.17, 15) is 12.8 Å². The molecule has 0 fully saturated rings. The van der Waals surface area contributed by atoms with Gasteiger partial charge in [0.25, 0.3) is 0 Å². The molecule has 0 radical (unpaired) electrons. The molecule has 0 amide bonds. The number of rotatable bonds is 6. The Hall–Kier alpha value is -2.15. The van der Waals surface area contributed by atoms with Crippen LogP contribution in [-0.4, -0.2) is 12.7 Å². The summed E-state index contributed by atoms with van der Waals surface area (Å²) >= 11 is 5.84. The van der Waals surface area contributed by atoms with Crippen molar-refractivity contribution in [2.24, 2.45) is 0 Å². The van der Waals surface area contributed by atoms with Gasteiger partial charge in [-0.2, -0.15) is 4.31 Å². The summed E-state index contributed by atoms with van der Waals surface area (Å²) in [6.07, 6.45) is 1.49. The second-order valence-electron chi connectivity index (χ2n) is 5.43. The summed E-state index contributed by atoms with van der Waals surface area (Å²) < 4.78 is 45.7. The lowest BCUT2D eigenvalue weighted by Gasteiger charge is -2.21. The SMILES string of the molecule is O=S(=O)(c1ccc(Cl)cc1)N(Cc1ccc(F)cc1)Cc1ccco1. The summed E-state index contributed by atoms with van der Waals surface area (Å²) in [5.74, 6) is 0.140. The molecule has 130 valence electrons. The molecule has 0 bridgehead atoms. The van der Waals surface area contributed by atoms with Crippen molar-refractivity contribution in [2.75, 3.05) is 0 Å². The van der Waals surface area contributed by atoms with Crippen LogP contribution in [0, 0.1) is 5.82 Å². The molecule has 0 aliphatic carbocycles. The highest BCUT2D eigenvalue weighted by molar-refractivity contribution is 7.89. The van der Waals surface area contributed by atoms with Crippen molar-refractivity contribution < 1.29 is 17.2 Å². The molecule has 3 aromatic rings. The predicted molar refractivity (Wildman–Crippen MR) is 93.0 cm³/mol. The molecule has 4 nitrogen and oxygen atoms in total. The highest BCUT2D eigenvalue weighted by atomic mass is 35.5. The van der Waals surface area contributed by atoms with Crippen molar-refractivity contribution in [1.82, 2.24) is 4.31 Å². The van der Waals surface area contributed by atoms with Gasteiger partial charge >= 0.3 is 0 Å². The van der Waals surface area contributed by atoms with Crippen LogP contribution < -0.4 is 0 Å². The average molecular weight is 380 g/mol. The number of halogens is 2. The van der Waals surface area contributed by atoms with Gasteiger partial charge in [0.1, 0.15) is 11.6 Å². The molecule has 0 saturated heterocycles. The van der Waals surface area contributed by atoms with Crippen LogP contribution in [0.25, 0.3) is 0 Å². The molecular formula is C18H15ClFNO3S. The summed E-state index contributed by atoms with van der Waals surface area (Å²) in [5, 5.41) is 0.454. The van der Waals surface area contributed by atoms with Crippen LogP contribution in [0.15, 0.2) is 76.2 Å². The molecule has 0 aliphatic heterocycles. The minimum Gasteiger partial charge on any atom is -0.468 e. The van der Waals surface area contributed by atoms with Crippen molar-refractivity contribution in [2.45, 2.75) is 18.0 Å². The van der Waals surface area contributed by atoms with Gasteiger partial charge in [-0.25, -0.2) is 12.8 Å². The molecule has 25 heavy (non-hydrogen) atoms. The maximum atomic E-state index is 13.1. The van der Waals surface area contributed by atoms with Crippen LogP contribution in [0.5, 0.6) is 0 Å². The molecule has 3 rings (SSSR count). The number of benzene rings is 2. The average Bonchev–Trinajstić information content (AvgIpc) is 3.10. The second-order valence-corrected chi connectivity index (χ2v) is 7.81. The van der Waals surface area contributed by atoms with Crippen LogP contribution in [0.4, 0.5) is 4.39 Å². The van der Waals surface area contributed by atoms with Gasteiger partial charge in [0, 0.05) is 11.6 Å². The van der Waals surface area contributed by atoms with Gasteiger partial charge in [-0.15, -0.1) is 0 Å². The Kier molecular flexibility index (Phi) is 5.22. The molecule has 0 N–H and O–H groups in total. The molecule has 0 unspecified atom stereocenters. The molecule has 0 aliphatic rings. The van der Waals surface area contributed by atoms with Gasteiger partial charge < -0.3 is 4.42 Å². The van der Waals surface area contributed by atoms with E-state index in [1.807, 2.05) is 0 Å². The van der Waals surface area contributed by atoms with E-state index in [2.05, 4.69) is 0 Å². The maximum absolute atomic E-state index is 13.1. The first-order valence-electron chi connectivity index (χ1n) is 7.48. The smallest absolute Gasteiger partial charge is 0.243 e. The summed E-state index contributed by atoms with van der Waals surface area (Å²) in [6, 6.07) is 15.1. The first-order chi connectivity index (χ1) is 11.9. The van der Waals surface area contributed by atoms with E-state index in [1.165, 1.54) is 47.0 Å². The molecule has 0 saturated carbocycles. The molecule has 0 atom stereocenters. The van der Waals surface area contributed by atoms with Crippen LogP contribution in [0.1, 0.15) is 11.3 Å². The minimum atomic E-state index is -3.78. The number of nitrogens with zero attached hydrogens (tertiary/aromatic N) is 1. The Morgan fingerprint density at radius 1 is 0.960 bits per heavy atom. The zero-order valence-corrected chi connectivity index (χ0v) is 14.7. The largest absolute Gasteiger partial charge is 0.468 e. The normalized spacial score (nSPS) is 11.8. The van der Waals surface area contributed by atoms with E-state index in [-0.39, 0.29) is 23.8 Å². The highest BCUT2D eigenvalue weighted by Crippen LogP contribution is 2.23. The lowest BCUT2D eigenvalue weighted by molar-refractivity contribution is 0.358. The summed E-state index contributed by atoms with van der Waals surface area (Å²) in [4.78, 5) is 0.130. The summed E-state index contributed by atoms with van der Waals surface area (Å²) in [5.41, 5.74) is 0.672. The highest BCUT2D eigenvalue weighted by Gasteiger charge is 2.25. The van der Waals surface area contributed by atoms with Crippen LogP contribution in [0.3, 0.4) is 0 Å². The molecule has 1 aromatic heterocycles. The van der Waals surface area contributed by atoms with E-state index in [0.29, 0.717) is 16.3 Å². The fourth-order valence-corrected chi connectivity index (χ4v) is 3.87. The number of hydrogen-bond donors (Lipinski definition) is 0. The predicted octanol–water partition coefficient (Wildman–Crippen LogP) is 4.46. The Bertz CT molecular complexity index is 923. The van der Waals surface area contributed by atoms with E-state index >= 15 is 0 Å². The Morgan fingerprint density at radius 3 is 2.24 bits per heavy atom. The van der Waals surface area contributed by atoms with E-state index in [0.717, 1.165) is 0 Å². The van der Waals surface area contributed by atoms with Gasteiger partial charge in [0.05, 0.1) is 17.7 Å². The van der Waals surface area contributed by atoms with E-state index < -0.39 is 10.0 Å². The Morgan fingerprint density at radius 2 is 1.64 bits per heavy atom. The third kappa shape index (κ3) is 4.28. The lowest BCUT2D eigenvalue weighted by atomic mass is 10.2. The topological polar surface area (TPSA) is 50.5 Å². The number of sulfonamides is 1. The zero-order chi connectivity index (χ0) is 17.9. The minimum absolute atomic E-state index is 0.0648. The molecule has 0 spiro atoms. The summed E-state index contributed by atoms with van der Waals surface area (Å²) in [7, 11) is -3.78. The fourth-order valence-electron chi connectivity index (χ4n) is 2.35. The molecule has 2 aromatic carbocycles. The molecular weight excluding hydrogens is 365 g/mol. The van der Waals surface area contributed by atoms with E-state index in [4.69, 9.17) is 16.0 Å². The monoisotopic (exact) mass is 379 g/mol. The third-order valence-electron chi connectivity index (χ3n) is 3.64. The summed E-state index contributed by atoms with van der Waals surface area (Å²) in [6.45, 7) is 0.154. The van der Waals surface area contributed by atoms with E-state index in [1.54, 1.807) is 24.3 Å². The van der Waals surface area contributed by atoms with Crippen molar-refractivity contribution in [3.8, 4) is 0 Å². The maximum Gasteiger partial charge on any atom is 0.243 e. The number of hydrogen-bond acceptors (Lipinski definition) is 3. The van der Waals surface area contributed by atoms with Crippen LogP contribution in [0.2, 0.25) is 5.02 Å². The van der Waals surface area contributed by atoms with Gasteiger partial charge in [0.15, 0.2) is 0 Å². The molecule has 1 heterocycles. The van der Waals surface area contributed by atoms with Crippen molar-refractivity contribution in [1.29, 1.82) is 0 Å². The fraction of sp³-hybridized carbons (Fsp3) is 0.111. The van der Waals surface area contributed by atoms with Gasteiger partial charge in [-0.3, -0.25) is 0 Å². The number of furan rings is 1. The van der Waals surface area contributed by atoms with Gasteiger partial charge in [0.2, 0.25) is 10.0 Å². The molecule has 7 heteroatoms. The lowest BCUT2D eigenvalue weighted by Crippen LogP contribution is -2.30. The third-order valence-corrected chi connectivity index (χ3v) is 5.69. The van der Waals surface area contributed by atoms with Crippen LogP contribution in [-0.2, 0) is 23.1 Å². The second kappa shape index (κ2) is 7.39. The van der Waals surface area contributed by atoms with Crippen molar-refractivity contribution >= 4 is 21.6 Å². The van der Waals surface area contributed by atoms with Gasteiger partial charge in [-0.05, 0) is 54.1 Å². The van der Waals surface area contributed by atoms with Crippen molar-refractivity contribution in [3.05, 3.63) is 89.1 Å². The Balaban J connectivity index is 1.94. The van der Waals surface area contributed by atoms with Gasteiger partial charge in [-0.1, -0.05) is 23.7 Å². The Labute approximate surface area is 150 Å². The quantitative estimate of drug-likeness (QED) is 0.635. The van der Waals surface area contributed by atoms with Crippen molar-refractivity contribution in [3.63, 3.8) is 0 Å². The first-order valence-corrected chi connectivity index (χ1v) is 9.29. The standard InChI is InChI=1S/C18H15ClFNO3S/c19-15-5-9-18(10-6-15)25(22,23)21(13-17-2-1-11-24-17)12-14-3-7-16(20)8-4-14/h1-11H,12-13H2. The van der Waals surface area contributed by atoms with Crippen LogP contribution >= 0.6 is 11.6 Å².